The van der Waals surface area contributed by atoms with E-state index in [1.807, 2.05) is 0 Å². The van der Waals surface area contributed by atoms with Crippen LogP contribution in [0.4, 0.5) is 0 Å². The molecule has 2 N–H and O–H groups in total. The van der Waals surface area contributed by atoms with Gasteiger partial charge in [0.15, 0.2) is 0 Å². The minimum Gasteiger partial charge on any atom is -0.480 e. The molecule has 0 aromatic heterocycles. The SMILES string of the molecule is CC[C@H]1CNC(C(=O)O)C1. The summed E-state index contributed by atoms with van der Waals surface area (Å²) in [5, 5.41) is 11.5. The molecular formula is C7H13NO2. The summed E-state index contributed by atoms with van der Waals surface area (Å²) in [6.07, 6.45) is 1.88. The van der Waals surface area contributed by atoms with Crippen LogP contribution in [0.15, 0.2) is 0 Å². The molecule has 0 aromatic rings. The summed E-state index contributed by atoms with van der Waals surface area (Å²) >= 11 is 0. The van der Waals surface area contributed by atoms with E-state index in [1.165, 1.54) is 0 Å². The number of carboxylic acids is 1. The van der Waals surface area contributed by atoms with Gasteiger partial charge in [0.25, 0.3) is 0 Å². The third kappa shape index (κ3) is 1.48. The molecule has 58 valence electrons. The van der Waals surface area contributed by atoms with Crippen molar-refractivity contribution in [1.29, 1.82) is 0 Å². The van der Waals surface area contributed by atoms with Crippen molar-refractivity contribution in [3.63, 3.8) is 0 Å². The zero-order valence-corrected chi connectivity index (χ0v) is 6.13. The highest BCUT2D eigenvalue weighted by Crippen LogP contribution is 2.16. The van der Waals surface area contributed by atoms with Gasteiger partial charge < -0.3 is 10.4 Å². The lowest BCUT2D eigenvalue weighted by molar-refractivity contribution is -0.139. The van der Waals surface area contributed by atoms with Crippen molar-refractivity contribution in [1.82, 2.24) is 5.32 Å². The van der Waals surface area contributed by atoms with Gasteiger partial charge >= 0.3 is 5.97 Å². The average Bonchev–Trinajstić information content (AvgIpc) is 2.34. The van der Waals surface area contributed by atoms with E-state index in [1.54, 1.807) is 0 Å². The number of hydrogen-bond donors (Lipinski definition) is 2. The van der Waals surface area contributed by atoms with E-state index in [2.05, 4.69) is 12.2 Å². The zero-order chi connectivity index (χ0) is 7.56. The van der Waals surface area contributed by atoms with E-state index >= 15 is 0 Å². The highest BCUT2D eigenvalue weighted by Gasteiger charge is 2.27. The highest BCUT2D eigenvalue weighted by atomic mass is 16.4. The zero-order valence-electron chi connectivity index (χ0n) is 6.13. The highest BCUT2D eigenvalue weighted by molar-refractivity contribution is 5.73. The lowest BCUT2D eigenvalue weighted by Crippen LogP contribution is -2.29. The Bertz CT molecular complexity index is 136. The lowest BCUT2D eigenvalue weighted by Gasteiger charge is -2.02. The first-order valence-electron chi connectivity index (χ1n) is 3.70. The molecule has 0 bridgehead atoms. The van der Waals surface area contributed by atoms with Gasteiger partial charge in [0.2, 0.25) is 0 Å². The van der Waals surface area contributed by atoms with Crippen molar-refractivity contribution in [2.24, 2.45) is 5.92 Å². The first-order chi connectivity index (χ1) is 4.74. The third-order valence-electron chi connectivity index (χ3n) is 2.10. The van der Waals surface area contributed by atoms with Crippen LogP contribution in [0, 0.1) is 5.92 Å². The molecule has 1 unspecified atom stereocenters. The Morgan fingerprint density at radius 2 is 2.50 bits per heavy atom. The van der Waals surface area contributed by atoms with Crippen LogP contribution in [0.3, 0.4) is 0 Å². The molecule has 0 amide bonds. The van der Waals surface area contributed by atoms with E-state index in [9.17, 15) is 4.79 Å². The van der Waals surface area contributed by atoms with Crippen LogP contribution in [-0.4, -0.2) is 23.7 Å². The van der Waals surface area contributed by atoms with Gasteiger partial charge in [-0.2, -0.15) is 0 Å². The monoisotopic (exact) mass is 143 g/mol. The van der Waals surface area contributed by atoms with Crippen molar-refractivity contribution >= 4 is 5.97 Å². The smallest absolute Gasteiger partial charge is 0.320 e. The molecule has 1 saturated heterocycles. The molecule has 0 aromatic carbocycles. The fraction of sp³-hybridized carbons (Fsp3) is 0.857. The van der Waals surface area contributed by atoms with Gasteiger partial charge in [0, 0.05) is 0 Å². The fourth-order valence-corrected chi connectivity index (χ4v) is 1.31. The van der Waals surface area contributed by atoms with Crippen molar-refractivity contribution in [3.8, 4) is 0 Å². The van der Waals surface area contributed by atoms with Crippen LogP contribution >= 0.6 is 0 Å². The predicted octanol–water partition coefficient (Wildman–Crippen LogP) is 0.459. The van der Waals surface area contributed by atoms with Crippen LogP contribution in [0.25, 0.3) is 0 Å². The Hall–Kier alpha value is -0.570. The quantitative estimate of drug-likeness (QED) is 0.590. The van der Waals surface area contributed by atoms with Crippen molar-refractivity contribution in [2.75, 3.05) is 6.54 Å². The maximum Gasteiger partial charge on any atom is 0.320 e. The number of aliphatic carboxylic acids is 1. The molecule has 1 aliphatic rings. The summed E-state index contributed by atoms with van der Waals surface area (Å²) in [5.74, 6) is -0.142. The normalized spacial score (nSPS) is 32.5. The van der Waals surface area contributed by atoms with E-state index < -0.39 is 5.97 Å². The fourth-order valence-electron chi connectivity index (χ4n) is 1.31. The van der Waals surface area contributed by atoms with Gasteiger partial charge in [-0.15, -0.1) is 0 Å². The molecule has 3 heteroatoms. The van der Waals surface area contributed by atoms with E-state index in [4.69, 9.17) is 5.11 Å². The van der Waals surface area contributed by atoms with Gasteiger partial charge in [-0.25, -0.2) is 0 Å². The summed E-state index contributed by atoms with van der Waals surface area (Å²) < 4.78 is 0. The molecule has 3 nitrogen and oxygen atoms in total. The number of hydrogen-bond acceptors (Lipinski definition) is 2. The molecule has 0 aliphatic carbocycles. The molecule has 0 saturated carbocycles. The van der Waals surface area contributed by atoms with Crippen LogP contribution in [0.1, 0.15) is 19.8 Å². The Balaban J connectivity index is 2.35. The molecule has 1 rings (SSSR count). The Morgan fingerprint density at radius 3 is 2.80 bits per heavy atom. The first-order valence-corrected chi connectivity index (χ1v) is 3.70. The molecule has 1 fully saturated rings. The van der Waals surface area contributed by atoms with Crippen LogP contribution in [-0.2, 0) is 4.79 Å². The van der Waals surface area contributed by atoms with E-state index in [-0.39, 0.29) is 6.04 Å². The van der Waals surface area contributed by atoms with Crippen molar-refractivity contribution in [2.45, 2.75) is 25.8 Å². The molecular weight excluding hydrogens is 130 g/mol. The largest absolute Gasteiger partial charge is 0.480 e. The second-order valence-electron chi connectivity index (χ2n) is 2.81. The maximum atomic E-state index is 10.4. The Labute approximate surface area is 60.4 Å². The van der Waals surface area contributed by atoms with Crippen LogP contribution < -0.4 is 5.32 Å². The summed E-state index contributed by atoms with van der Waals surface area (Å²) in [7, 11) is 0. The predicted molar refractivity (Wildman–Crippen MR) is 37.8 cm³/mol. The average molecular weight is 143 g/mol. The number of rotatable bonds is 2. The summed E-state index contributed by atoms with van der Waals surface area (Å²) in [4.78, 5) is 10.4. The maximum absolute atomic E-state index is 10.4. The van der Waals surface area contributed by atoms with Crippen LogP contribution in [0.5, 0.6) is 0 Å². The van der Waals surface area contributed by atoms with Crippen molar-refractivity contribution < 1.29 is 9.90 Å². The lowest BCUT2D eigenvalue weighted by atomic mass is 10.0. The van der Waals surface area contributed by atoms with Crippen molar-refractivity contribution in [3.05, 3.63) is 0 Å². The molecule has 0 spiro atoms. The Morgan fingerprint density at radius 1 is 1.80 bits per heavy atom. The minimum atomic E-state index is -0.712. The summed E-state index contributed by atoms with van der Waals surface area (Å²) in [6, 6.07) is -0.287. The molecule has 10 heavy (non-hydrogen) atoms. The molecule has 1 aliphatic heterocycles. The van der Waals surface area contributed by atoms with Gasteiger partial charge in [0.1, 0.15) is 6.04 Å². The number of carbonyl (C=O) groups is 1. The standard InChI is InChI=1S/C7H13NO2/c1-2-5-3-6(7(9)10)8-4-5/h5-6,8H,2-4H2,1H3,(H,9,10)/t5-,6?/m1/s1. The summed E-state index contributed by atoms with van der Waals surface area (Å²) in [5.41, 5.74) is 0. The molecule has 2 atom stereocenters. The minimum absolute atomic E-state index is 0.287. The van der Waals surface area contributed by atoms with Gasteiger partial charge in [-0.3, -0.25) is 4.79 Å². The number of carboxylic acid groups (broad SMARTS) is 1. The Kier molecular flexibility index (Phi) is 2.27. The second-order valence-corrected chi connectivity index (χ2v) is 2.81. The number of nitrogens with one attached hydrogen (secondary N) is 1. The topological polar surface area (TPSA) is 49.3 Å². The first kappa shape index (κ1) is 7.54. The van der Waals surface area contributed by atoms with Crippen LogP contribution in [0.2, 0.25) is 0 Å². The van der Waals surface area contributed by atoms with Gasteiger partial charge in [-0.1, -0.05) is 13.3 Å². The molecule has 0 radical (unpaired) electrons. The summed E-state index contributed by atoms with van der Waals surface area (Å²) in [6.45, 7) is 2.96. The van der Waals surface area contributed by atoms with E-state index in [0.717, 1.165) is 19.4 Å². The van der Waals surface area contributed by atoms with Gasteiger partial charge in [0.05, 0.1) is 0 Å². The molecule has 1 heterocycles. The van der Waals surface area contributed by atoms with Gasteiger partial charge in [-0.05, 0) is 18.9 Å². The third-order valence-corrected chi connectivity index (χ3v) is 2.10. The van der Waals surface area contributed by atoms with E-state index in [0.29, 0.717) is 5.92 Å². The second kappa shape index (κ2) is 3.01.